The molecule has 2 heterocycles. The van der Waals surface area contributed by atoms with E-state index in [9.17, 15) is 9.90 Å². The molecule has 0 spiro atoms. The highest BCUT2D eigenvalue weighted by molar-refractivity contribution is 9.10. The van der Waals surface area contributed by atoms with Crippen molar-refractivity contribution >= 4 is 27.5 Å². The molecule has 29 heavy (non-hydrogen) atoms. The quantitative estimate of drug-likeness (QED) is 0.561. The standard InChI is InChI=1S/C21H25BrN4O3/c1-3-10-26-19-8-7-16(22)13-18(19)21(29,20(26)28)15(2)6-4-5-11-25-14-17(9-12-27)23-24-25/h3-4,6-8,13-15,27,29H,1,5,9-12H2,2H3/b6-4+/t15-,21+/m0/s1. The zero-order chi connectivity index (χ0) is 21.0. The van der Waals surface area contributed by atoms with Crippen LogP contribution in [0.15, 0.2) is 53.7 Å². The minimum absolute atomic E-state index is 0.0448. The van der Waals surface area contributed by atoms with E-state index in [1.807, 2.05) is 37.4 Å². The van der Waals surface area contributed by atoms with E-state index in [2.05, 4.69) is 32.8 Å². The third-order valence-corrected chi connectivity index (χ3v) is 5.60. The number of fused-ring (bicyclic) bond motifs is 1. The summed E-state index contributed by atoms with van der Waals surface area (Å²) < 4.78 is 2.53. The van der Waals surface area contributed by atoms with Crippen LogP contribution < -0.4 is 4.90 Å². The first-order valence-electron chi connectivity index (χ1n) is 9.53. The summed E-state index contributed by atoms with van der Waals surface area (Å²) in [4.78, 5) is 14.6. The molecule has 1 aromatic heterocycles. The molecule has 2 aromatic rings. The van der Waals surface area contributed by atoms with Crippen LogP contribution in [-0.4, -0.2) is 44.3 Å². The van der Waals surface area contributed by atoms with Gasteiger partial charge in [-0.05, 0) is 24.6 Å². The van der Waals surface area contributed by atoms with Crippen molar-refractivity contribution in [3.8, 4) is 0 Å². The molecule has 1 amide bonds. The second-order valence-electron chi connectivity index (χ2n) is 7.08. The van der Waals surface area contributed by atoms with Gasteiger partial charge in [0, 0.05) is 48.3 Å². The van der Waals surface area contributed by atoms with E-state index in [1.165, 1.54) is 0 Å². The average molecular weight is 461 g/mol. The molecule has 7 nitrogen and oxygen atoms in total. The zero-order valence-corrected chi connectivity index (χ0v) is 17.9. The molecule has 8 heteroatoms. The highest BCUT2D eigenvalue weighted by Crippen LogP contribution is 2.46. The summed E-state index contributed by atoms with van der Waals surface area (Å²) in [5.74, 6) is -0.758. The van der Waals surface area contributed by atoms with Crippen molar-refractivity contribution < 1.29 is 15.0 Å². The minimum Gasteiger partial charge on any atom is -0.396 e. The fourth-order valence-electron chi connectivity index (χ4n) is 3.55. The lowest BCUT2D eigenvalue weighted by Crippen LogP contribution is -2.44. The fourth-order valence-corrected chi connectivity index (χ4v) is 3.91. The van der Waals surface area contributed by atoms with Gasteiger partial charge in [-0.25, -0.2) is 0 Å². The van der Waals surface area contributed by atoms with Gasteiger partial charge in [-0.2, -0.15) is 0 Å². The third-order valence-electron chi connectivity index (χ3n) is 5.11. The number of hydrogen-bond acceptors (Lipinski definition) is 5. The molecule has 154 valence electrons. The predicted molar refractivity (Wildman–Crippen MR) is 114 cm³/mol. The normalized spacial score (nSPS) is 19.7. The molecule has 1 aromatic carbocycles. The molecule has 0 aliphatic carbocycles. The van der Waals surface area contributed by atoms with E-state index in [0.29, 0.717) is 37.2 Å². The molecule has 0 unspecified atom stereocenters. The molecule has 2 atom stereocenters. The summed E-state index contributed by atoms with van der Waals surface area (Å²) in [5, 5.41) is 28.4. The number of benzene rings is 1. The van der Waals surface area contributed by atoms with Crippen molar-refractivity contribution in [2.75, 3.05) is 18.1 Å². The molecular weight excluding hydrogens is 436 g/mol. The van der Waals surface area contributed by atoms with Crippen molar-refractivity contribution in [1.82, 2.24) is 15.0 Å². The minimum atomic E-state index is -1.62. The number of amides is 1. The smallest absolute Gasteiger partial charge is 0.264 e. The third kappa shape index (κ3) is 4.19. The van der Waals surface area contributed by atoms with Crippen LogP contribution in [0.25, 0.3) is 0 Å². The Morgan fingerprint density at radius 1 is 1.41 bits per heavy atom. The molecule has 3 rings (SSSR count). The fraction of sp³-hybridized carbons (Fsp3) is 0.381. The van der Waals surface area contributed by atoms with Gasteiger partial charge in [-0.15, -0.1) is 11.7 Å². The van der Waals surface area contributed by atoms with Gasteiger partial charge < -0.3 is 15.1 Å². The molecule has 2 N–H and O–H groups in total. The number of carbonyl (C=O) groups is 1. The molecule has 0 radical (unpaired) electrons. The Morgan fingerprint density at radius 2 is 2.21 bits per heavy atom. The highest BCUT2D eigenvalue weighted by atomic mass is 79.9. The number of aliphatic hydroxyl groups is 2. The zero-order valence-electron chi connectivity index (χ0n) is 16.3. The van der Waals surface area contributed by atoms with Crippen LogP contribution >= 0.6 is 15.9 Å². The van der Waals surface area contributed by atoms with Gasteiger partial charge in [0.25, 0.3) is 5.91 Å². The van der Waals surface area contributed by atoms with Crippen LogP contribution in [0.4, 0.5) is 5.69 Å². The Hall–Kier alpha value is -2.29. The number of aliphatic hydroxyl groups excluding tert-OH is 1. The van der Waals surface area contributed by atoms with Gasteiger partial charge in [0.2, 0.25) is 0 Å². The molecular formula is C21H25BrN4O3. The van der Waals surface area contributed by atoms with E-state index in [0.717, 1.165) is 10.2 Å². The van der Waals surface area contributed by atoms with Crippen molar-refractivity contribution in [2.45, 2.75) is 31.9 Å². The summed E-state index contributed by atoms with van der Waals surface area (Å²) in [6.45, 7) is 6.57. The van der Waals surface area contributed by atoms with Gasteiger partial charge in [-0.1, -0.05) is 46.3 Å². The number of hydrogen-bond donors (Lipinski definition) is 2. The van der Waals surface area contributed by atoms with Gasteiger partial charge in [-0.3, -0.25) is 9.48 Å². The Kier molecular flexibility index (Phi) is 6.66. The summed E-state index contributed by atoms with van der Waals surface area (Å²) in [5.41, 5.74) is 0.432. The monoisotopic (exact) mass is 460 g/mol. The van der Waals surface area contributed by atoms with E-state index in [4.69, 9.17) is 5.11 Å². The highest BCUT2D eigenvalue weighted by Gasteiger charge is 2.52. The number of anilines is 1. The lowest BCUT2D eigenvalue weighted by atomic mass is 9.83. The van der Waals surface area contributed by atoms with Crippen LogP contribution in [0.2, 0.25) is 0 Å². The number of allylic oxidation sites excluding steroid dienone is 1. The second kappa shape index (κ2) is 9.02. The maximum Gasteiger partial charge on any atom is 0.264 e. The largest absolute Gasteiger partial charge is 0.396 e. The van der Waals surface area contributed by atoms with Crippen molar-refractivity contribution in [3.05, 3.63) is 64.9 Å². The van der Waals surface area contributed by atoms with Crippen molar-refractivity contribution in [2.24, 2.45) is 5.92 Å². The predicted octanol–water partition coefficient (Wildman–Crippen LogP) is 2.58. The molecule has 0 fully saturated rings. The maximum atomic E-state index is 13.1. The van der Waals surface area contributed by atoms with E-state index < -0.39 is 11.5 Å². The van der Waals surface area contributed by atoms with Crippen LogP contribution in [-0.2, 0) is 23.4 Å². The molecule has 1 aliphatic rings. The summed E-state index contributed by atoms with van der Waals surface area (Å²) >= 11 is 3.44. The van der Waals surface area contributed by atoms with Crippen LogP contribution in [0.1, 0.15) is 24.6 Å². The van der Waals surface area contributed by atoms with Crippen molar-refractivity contribution in [3.63, 3.8) is 0 Å². The number of aryl methyl sites for hydroxylation is 1. The van der Waals surface area contributed by atoms with Gasteiger partial charge >= 0.3 is 0 Å². The van der Waals surface area contributed by atoms with Gasteiger partial charge in [0.1, 0.15) is 0 Å². The Morgan fingerprint density at radius 3 is 2.93 bits per heavy atom. The number of carbonyl (C=O) groups excluding carboxylic acids is 1. The number of aromatic nitrogens is 3. The Labute approximate surface area is 178 Å². The summed E-state index contributed by atoms with van der Waals surface area (Å²) in [6, 6.07) is 5.50. The van der Waals surface area contributed by atoms with E-state index in [1.54, 1.807) is 21.7 Å². The van der Waals surface area contributed by atoms with Crippen molar-refractivity contribution in [1.29, 1.82) is 0 Å². The number of nitrogens with zero attached hydrogens (tertiary/aromatic N) is 4. The molecule has 0 saturated heterocycles. The van der Waals surface area contributed by atoms with Crippen LogP contribution in [0.3, 0.4) is 0 Å². The maximum absolute atomic E-state index is 13.1. The Bertz CT molecular complexity index is 926. The lowest BCUT2D eigenvalue weighted by molar-refractivity contribution is -0.139. The summed E-state index contributed by atoms with van der Waals surface area (Å²) in [7, 11) is 0. The number of halogens is 1. The lowest BCUT2D eigenvalue weighted by Gasteiger charge is -2.27. The van der Waals surface area contributed by atoms with Gasteiger partial charge in [0.05, 0.1) is 11.4 Å². The van der Waals surface area contributed by atoms with Gasteiger partial charge in [0.15, 0.2) is 5.60 Å². The van der Waals surface area contributed by atoms with E-state index in [-0.39, 0.29) is 12.5 Å². The first kappa shape index (κ1) is 21.4. The molecule has 0 saturated carbocycles. The first-order chi connectivity index (χ1) is 13.9. The van der Waals surface area contributed by atoms with Crippen LogP contribution in [0, 0.1) is 5.92 Å². The molecule has 0 bridgehead atoms. The van der Waals surface area contributed by atoms with Crippen LogP contribution in [0.5, 0.6) is 0 Å². The first-order valence-corrected chi connectivity index (χ1v) is 10.3. The summed E-state index contributed by atoms with van der Waals surface area (Å²) in [6.07, 6.45) is 8.43. The SMILES string of the molecule is C=CCN1C(=O)[C@@](O)([C@@H](C)/C=C/CCn2cc(CCO)nn2)c2cc(Br)ccc21. The van der Waals surface area contributed by atoms with E-state index >= 15 is 0 Å². The topological polar surface area (TPSA) is 91.5 Å². The molecule has 1 aliphatic heterocycles. The Balaban J connectivity index is 1.74. The second-order valence-corrected chi connectivity index (χ2v) is 8.00. The average Bonchev–Trinajstić information content (AvgIpc) is 3.23. The number of rotatable bonds is 9.